The van der Waals surface area contributed by atoms with Gasteiger partial charge >= 0.3 is 0 Å². The number of aromatic nitrogens is 2. The van der Waals surface area contributed by atoms with E-state index in [9.17, 15) is 0 Å². The third kappa shape index (κ3) is 2.92. The molecule has 2 aromatic rings. The molecule has 0 saturated heterocycles. The van der Waals surface area contributed by atoms with Crippen molar-refractivity contribution in [3.05, 3.63) is 46.7 Å². The van der Waals surface area contributed by atoms with Gasteiger partial charge in [0, 0.05) is 18.8 Å². The molecule has 3 nitrogen and oxygen atoms in total. The molecule has 0 aliphatic heterocycles. The summed E-state index contributed by atoms with van der Waals surface area (Å²) in [6.45, 7) is 7.01. The highest BCUT2D eigenvalue weighted by Crippen LogP contribution is 2.24. The van der Waals surface area contributed by atoms with Crippen molar-refractivity contribution in [2.45, 2.75) is 33.4 Å². The second kappa shape index (κ2) is 5.55. The Balaban J connectivity index is 2.38. The zero-order valence-electron chi connectivity index (χ0n) is 10.9. The maximum atomic E-state index is 6.30. The second-order valence-electron chi connectivity index (χ2n) is 4.68. The first-order valence-electron chi connectivity index (χ1n) is 6.11. The first-order chi connectivity index (χ1) is 8.58. The summed E-state index contributed by atoms with van der Waals surface area (Å²) < 4.78 is 1.84. The highest BCUT2D eigenvalue weighted by atomic mass is 35.5. The van der Waals surface area contributed by atoms with Crippen LogP contribution < -0.4 is 5.32 Å². The van der Waals surface area contributed by atoms with Crippen molar-refractivity contribution in [2.75, 3.05) is 0 Å². The van der Waals surface area contributed by atoms with Crippen molar-refractivity contribution >= 4 is 11.6 Å². The van der Waals surface area contributed by atoms with Gasteiger partial charge in [-0.15, -0.1) is 0 Å². The second-order valence-corrected chi connectivity index (χ2v) is 5.09. The third-order valence-electron chi connectivity index (χ3n) is 2.72. The molecule has 0 atom stereocenters. The van der Waals surface area contributed by atoms with E-state index in [1.54, 1.807) is 0 Å². The fraction of sp³-hybridized carbons (Fsp3) is 0.357. The molecule has 2 rings (SSSR count). The Morgan fingerprint density at radius 1 is 1.33 bits per heavy atom. The maximum absolute atomic E-state index is 6.30. The van der Waals surface area contributed by atoms with Gasteiger partial charge in [0.1, 0.15) is 0 Å². The van der Waals surface area contributed by atoms with Crippen molar-refractivity contribution < 1.29 is 0 Å². The molecule has 0 spiro atoms. The van der Waals surface area contributed by atoms with E-state index in [-0.39, 0.29) is 0 Å². The number of hydrogen-bond acceptors (Lipinski definition) is 2. The van der Waals surface area contributed by atoms with Gasteiger partial charge in [-0.05, 0) is 24.6 Å². The summed E-state index contributed by atoms with van der Waals surface area (Å²) in [5, 5.41) is 8.56. The number of rotatable bonds is 4. The van der Waals surface area contributed by atoms with Crippen molar-refractivity contribution in [2.24, 2.45) is 0 Å². The lowest BCUT2D eigenvalue weighted by molar-refractivity contribution is 0.586. The van der Waals surface area contributed by atoms with Crippen LogP contribution in [-0.4, -0.2) is 15.8 Å². The van der Waals surface area contributed by atoms with Crippen LogP contribution in [0, 0.1) is 6.92 Å². The molecule has 1 aromatic carbocycles. The first-order valence-corrected chi connectivity index (χ1v) is 6.49. The molecule has 0 amide bonds. The van der Waals surface area contributed by atoms with Crippen LogP contribution in [0.15, 0.2) is 30.5 Å². The average Bonchev–Trinajstić information content (AvgIpc) is 2.72. The van der Waals surface area contributed by atoms with Gasteiger partial charge in [0.2, 0.25) is 0 Å². The number of nitrogens with one attached hydrogen (secondary N) is 1. The lowest BCUT2D eigenvalue weighted by Gasteiger charge is -2.14. The normalized spacial score (nSPS) is 11.2. The minimum Gasteiger partial charge on any atom is -0.310 e. The standard InChI is InChI=1S/C14H18ClN3/c1-10(2)16-9-12-5-4-6-13(15)14(12)18-8-7-11(3)17-18/h4-8,10,16H,9H2,1-3H3. The molecule has 1 aromatic heterocycles. The van der Waals surface area contributed by atoms with Crippen LogP contribution in [0.3, 0.4) is 0 Å². The number of nitrogens with zero attached hydrogens (tertiary/aromatic N) is 2. The molecule has 1 heterocycles. The molecule has 0 radical (unpaired) electrons. The largest absolute Gasteiger partial charge is 0.310 e. The fourth-order valence-corrected chi connectivity index (χ4v) is 2.09. The van der Waals surface area contributed by atoms with Crippen molar-refractivity contribution in [3.8, 4) is 5.69 Å². The zero-order chi connectivity index (χ0) is 13.1. The molecule has 0 saturated carbocycles. The Bertz CT molecular complexity index is 532. The van der Waals surface area contributed by atoms with Gasteiger partial charge in [0.15, 0.2) is 0 Å². The van der Waals surface area contributed by atoms with Gasteiger partial charge in [-0.1, -0.05) is 37.6 Å². The predicted molar refractivity (Wildman–Crippen MR) is 75.3 cm³/mol. The zero-order valence-corrected chi connectivity index (χ0v) is 11.7. The van der Waals surface area contributed by atoms with Crippen LogP contribution in [0.25, 0.3) is 5.69 Å². The summed E-state index contributed by atoms with van der Waals surface area (Å²) in [6, 6.07) is 8.36. The summed E-state index contributed by atoms with van der Waals surface area (Å²) in [6.07, 6.45) is 1.94. The van der Waals surface area contributed by atoms with Crippen LogP contribution in [-0.2, 0) is 6.54 Å². The van der Waals surface area contributed by atoms with E-state index in [1.807, 2.05) is 36.0 Å². The lowest BCUT2D eigenvalue weighted by Crippen LogP contribution is -2.22. The Kier molecular flexibility index (Phi) is 4.04. The Labute approximate surface area is 113 Å². The Hall–Kier alpha value is -1.32. The lowest BCUT2D eigenvalue weighted by atomic mass is 10.1. The molecular weight excluding hydrogens is 246 g/mol. The van der Waals surface area contributed by atoms with Gasteiger partial charge in [-0.25, -0.2) is 4.68 Å². The minimum atomic E-state index is 0.441. The van der Waals surface area contributed by atoms with E-state index >= 15 is 0 Å². The summed E-state index contributed by atoms with van der Waals surface area (Å²) in [4.78, 5) is 0. The fourth-order valence-electron chi connectivity index (χ4n) is 1.81. The van der Waals surface area contributed by atoms with E-state index in [2.05, 4.69) is 30.3 Å². The van der Waals surface area contributed by atoms with E-state index in [0.29, 0.717) is 6.04 Å². The molecule has 4 heteroatoms. The number of aryl methyl sites for hydroxylation is 1. The van der Waals surface area contributed by atoms with Gasteiger partial charge in [0.25, 0.3) is 0 Å². The van der Waals surface area contributed by atoms with Gasteiger partial charge < -0.3 is 5.32 Å². The van der Waals surface area contributed by atoms with E-state index in [1.165, 1.54) is 0 Å². The highest BCUT2D eigenvalue weighted by Gasteiger charge is 2.10. The van der Waals surface area contributed by atoms with Crippen molar-refractivity contribution in [3.63, 3.8) is 0 Å². The quantitative estimate of drug-likeness (QED) is 0.917. The molecule has 0 unspecified atom stereocenters. The highest BCUT2D eigenvalue weighted by molar-refractivity contribution is 6.32. The molecule has 96 valence electrons. The number of hydrogen-bond donors (Lipinski definition) is 1. The van der Waals surface area contributed by atoms with Gasteiger partial charge in [-0.2, -0.15) is 5.10 Å². The topological polar surface area (TPSA) is 29.9 Å². The smallest absolute Gasteiger partial charge is 0.0876 e. The van der Waals surface area contributed by atoms with Crippen molar-refractivity contribution in [1.82, 2.24) is 15.1 Å². The monoisotopic (exact) mass is 263 g/mol. The number of para-hydroxylation sites is 1. The third-order valence-corrected chi connectivity index (χ3v) is 3.03. The SMILES string of the molecule is Cc1ccn(-c2c(Cl)cccc2CNC(C)C)n1. The minimum absolute atomic E-state index is 0.441. The molecule has 1 N–H and O–H groups in total. The molecule has 0 bridgehead atoms. The van der Waals surface area contributed by atoms with Gasteiger partial charge in [0.05, 0.1) is 16.4 Å². The number of benzene rings is 1. The molecule has 0 aliphatic rings. The van der Waals surface area contributed by atoms with Crippen LogP contribution in [0.4, 0.5) is 0 Å². The Morgan fingerprint density at radius 2 is 2.11 bits per heavy atom. The first kappa shape index (κ1) is 13.1. The number of halogens is 1. The average molecular weight is 264 g/mol. The van der Waals surface area contributed by atoms with Crippen LogP contribution in [0.1, 0.15) is 25.1 Å². The van der Waals surface area contributed by atoms with Crippen LogP contribution in [0.5, 0.6) is 0 Å². The van der Waals surface area contributed by atoms with Gasteiger partial charge in [-0.3, -0.25) is 0 Å². The maximum Gasteiger partial charge on any atom is 0.0876 e. The van der Waals surface area contributed by atoms with Crippen LogP contribution in [0.2, 0.25) is 5.02 Å². The molecular formula is C14H18ClN3. The van der Waals surface area contributed by atoms with Crippen molar-refractivity contribution in [1.29, 1.82) is 0 Å². The molecule has 0 aliphatic carbocycles. The molecule has 0 fully saturated rings. The van der Waals surface area contributed by atoms with E-state index in [4.69, 9.17) is 11.6 Å². The predicted octanol–water partition coefficient (Wildman–Crippen LogP) is 3.33. The molecule has 18 heavy (non-hydrogen) atoms. The van der Waals surface area contributed by atoms with Crippen LogP contribution >= 0.6 is 11.6 Å². The summed E-state index contributed by atoms with van der Waals surface area (Å²) in [5.74, 6) is 0. The summed E-state index contributed by atoms with van der Waals surface area (Å²) in [7, 11) is 0. The van der Waals surface area contributed by atoms with E-state index in [0.717, 1.165) is 28.5 Å². The summed E-state index contributed by atoms with van der Waals surface area (Å²) in [5.41, 5.74) is 3.09. The Morgan fingerprint density at radius 3 is 2.72 bits per heavy atom. The van der Waals surface area contributed by atoms with E-state index < -0.39 is 0 Å². The summed E-state index contributed by atoms with van der Waals surface area (Å²) >= 11 is 6.30.